The predicted octanol–water partition coefficient (Wildman–Crippen LogP) is 7.31. The fourth-order valence-corrected chi connectivity index (χ4v) is 8.75. The van der Waals surface area contributed by atoms with Gasteiger partial charge in [-0.25, -0.2) is 31.1 Å². The van der Waals surface area contributed by atoms with Crippen LogP contribution in [0, 0.1) is 6.92 Å². The number of aromatic nitrogens is 9. The van der Waals surface area contributed by atoms with E-state index in [1.165, 1.54) is 27.9 Å². The van der Waals surface area contributed by atoms with Gasteiger partial charge in [-0.2, -0.15) is 22.7 Å². The predicted molar refractivity (Wildman–Crippen MR) is 208 cm³/mol. The molecule has 0 spiro atoms. The third-order valence-corrected chi connectivity index (χ3v) is 13.6. The Morgan fingerprint density at radius 3 is 1.67 bits per heavy atom. The summed E-state index contributed by atoms with van der Waals surface area (Å²) >= 11 is 2.18. The number of hydrogen-bond donors (Lipinski definition) is 0. The van der Waals surface area contributed by atoms with E-state index in [2.05, 4.69) is 40.4 Å². The summed E-state index contributed by atoms with van der Waals surface area (Å²) in [4.78, 5) is 13.5. The standard InChI is InChI=1S/C17H17F2N5O3S2.C14H16F2N6O3S2.C2H6/c1-2-29(25,26)24(11-5-6-12(20-7-11)10-3-4-10)9-14-21-8-13(28-14)16-22-23-17(27-16)15(18)19;1-4-27(23,24)22(10-5-8(2)21(3)20-10)7-11-17-6-9(26-11)13-18-19-14(25-13)12(15)16;1-2/h5-8,10,15H,2-4,9H2,1H3;5-6,12H,4,7H2,1-3H3;1-2H3. The number of hydrogen-bond acceptors (Lipinski definition) is 16. The lowest BCUT2D eigenvalue weighted by Crippen LogP contribution is -2.32. The van der Waals surface area contributed by atoms with Crippen molar-refractivity contribution in [2.75, 3.05) is 20.1 Å². The molecule has 6 aromatic heterocycles. The van der Waals surface area contributed by atoms with Crippen molar-refractivity contribution in [1.82, 2.24) is 45.1 Å². The van der Waals surface area contributed by atoms with E-state index in [1.807, 2.05) is 26.8 Å². The molecule has 0 saturated heterocycles. The fraction of sp³-hybridized carbons (Fsp3) is 0.455. The molecular formula is C33H39F4N11O6S4. The number of alkyl halides is 4. The largest absolute Gasteiger partial charge is 0.414 e. The molecule has 0 unspecified atom stereocenters. The molecule has 0 atom stereocenters. The molecule has 1 saturated carbocycles. The average molecular weight is 890 g/mol. The van der Waals surface area contributed by atoms with Gasteiger partial charge in [-0.3, -0.25) is 14.0 Å². The third kappa shape index (κ3) is 10.6. The molecule has 1 aliphatic carbocycles. The molecule has 6 aromatic rings. The molecule has 7 rings (SSSR count). The maximum Gasteiger partial charge on any atom is 0.314 e. The Morgan fingerprint density at radius 2 is 1.28 bits per heavy atom. The van der Waals surface area contributed by atoms with E-state index in [-0.39, 0.29) is 42.2 Å². The molecule has 6 heterocycles. The zero-order valence-corrected chi connectivity index (χ0v) is 35.2. The number of pyridine rings is 1. The first-order valence-corrected chi connectivity index (χ1v) is 22.5. The van der Waals surface area contributed by atoms with Gasteiger partial charge in [0.15, 0.2) is 5.82 Å². The Bertz CT molecular complexity index is 2460. The molecule has 0 radical (unpaired) electrons. The van der Waals surface area contributed by atoms with Crippen molar-refractivity contribution in [2.45, 2.75) is 79.3 Å². The Hall–Kier alpha value is -4.88. The first-order chi connectivity index (χ1) is 27.6. The summed E-state index contributed by atoms with van der Waals surface area (Å²) in [6.45, 7) is 8.85. The van der Waals surface area contributed by atoms with Gasteiger partial charge < -0.3 is 8.83 Å². The van der Waals surface area contributed by atoms with Crippen LogP contribution >= 0.6 is 22.7 Å². The number of anilines is 2. The van der Waals surface area contributed by atoms with Gasteiger partial charge in [0.1, 0.15) is 19.8 Å². The van der Waals surface area contributed by atoms with E-state index in [1.54, 1.807) is 37.0 Å². The summed E-state index contributed by atoms with van der Waals surface area (Å²) in [6, 6.07) is 5.26. The van der Waals surface area contributed by atoms with Crippen LogP contribution in [-0.4, -0.2) is 73.5 Å². The Morgan fingerprint density at radius 1 is 0.776 bits per heavy atom. The van der Waals surface area contributed by atoms with E-state index < -0.39 is 44.7 Å². The maximum atomic E-state index is 12.6. The molecule has 0 N–H and O–H groups in total. The molecule has 58 heavy (non-hydrogen) atoms. The highest BCUT2D eigenvalue weighted by Crippen LogP contribution is 2.39. The van der Waals surface area contributed by atoms with Crippen LogP contribution in [0.4, 0.5) is 29.1 Å². The highest BCUT2D eigenvalue weighted by atomic mass is 32.2. The summed E-state index contributed by atoms with van der Waals surface area (Å²) in [5.74, 6) is -1.16. The minimum Gasteiger partial charge on any atom is -0.414 e. The molecule has 0 amide bonds. The molecule has 0 aromatic carbocycles. The molecule has 0 aliphatic heterocycles. The van der Waals surface area contributed by atoms with E-state index in [0.29, 0.717) is 31.4 Å². The lowest BCUT2D eigenvalue weighted by Gasteiger charge is -2.22. The van der Waals surface area contributed by atoms with Gasteiger partial charge >= 0.3 is 12.9 Å². The first kappa shape index (κ1) is 44.2. The zero-order valence-electron chi connectivity index (χ0n) is 32.0. The summed E-state index contributed by atoms with van der Waals surface area (Å²) < 4.78 is 115. The Labute approximate surface area is 339 Å². The lowest BCUT2D eigenvalue weighted by molar-refractivity contribution is 0.115. The number of halogens is 4. The number of aryl methyl sites for hydroxylation is 2. The second kappa shape index (κ2) is 18.8. The van der Waals surface area contributed by atoms with E-state index in [0.717, 1.165) is 46.9 Å². The Kier molecular flexibility index (Phi) is 14.3. The van der Waals surface area contributed by atoms with Gasteiger partial charge in [-0.1, -0.05) is 13.8 Å². The molecule has 25 heteroatoms. The minimum atomic E-state index is -3.60. The van der Waals surface area contributed by atoms with E-state index in [4.69, 9.17) is 8.83 Å². The molecular weight excluding hydrogens is 851 g/mol. The highest BCUT2D eigenvalue weighted by Gasteiger charge is 2.28. The van der Waals surface area contributed by atoms with Gasteiger partial charge in [-0.15, -0.1) is 43.1 Å². The second-order valence-electron chi connectivity index (χ2n) is 12.0. The van der Waals surface area contributed by atoms with Crippen molar-refractivity contribution in [3.8, 4) is 21.5 Å². The van der Waals surface area contributed by atoms with Gasteiger partial charge in [0.2, 0.25) is 20.0 Å². The van der Waals surface area contributed by atoms with Gasteiger partial charge in [0, 0.05) is 30.4 Å². The summed E-state index contributed by atoms with van der Waals surface area (Å²) in [5, 5.41) is 18.8. The van der Waals surface area contributed by atoms with E-state index in [9.17, 15) is 34.4 Å². The molecule has 1 fully saturated rings. The van der Waals surface area contributed by atoms with Crippen molar-refractivity contribution in [3.63, 3.8) is 0 Å². The van der Waals surface area contributed by atoms with Crippen LogP contribution in [-0.2, 0) is 40.2 Å². The van der Waals surface area contributed by atoms with Crippen LogP contribution in [0.5, 0.6) is 0 Å². The van der Waals surface area contributed by atoms with Crippen LogP contribution in [0.2, 0.25) is 0 Å². The average Bonchev–Trinajstić information content (AvgIpc) is 3.76. The summed E-state index contributed by atoms with van der Waals surface area (Å²) in [6.07, 6.45) is 0.818. The fourth-order valence-electron chi connectivity index (χ4n) is 4.87. The van der Waals surface area contributed by atoms with Crippen molar-refractivity contribution >= 4 is 54.2 Å². The normalized spacial score (nSPS) is 13.0. The molecule has 1 aliphatic rings. The van der Waals surface area contributed by atoms with Crippen molar-refractivity contribution in [1.29, 1.82) is 0 Å². The molecule has 314 valence electrons. The summed E-state index contributed by atoms with van der Waals surface area (Å²) in [7, 11) is -5.47. The minimum absolute atomic E-state index is 0.0128. The van der Waals surface area contributed by atoms with Crippen LogP contribution in [0.15, 0.2) is 45.6 Å². The SMILES string of the molecule is CC.CCS(=O)(=O)N(Cc1ncc(-c2nnc(C(F)F)o2)s1)c1cc(C)n(C)n1.CCS(=O)(=O)N(Cc1ncc(-c2nnc(C(F)F)o2)s1)c1ccc(C2CC2)nc1. The van der Waals surface area contributed by atoms with Gasteiger partial charge in [0.05, 0.1) is 48.9 Å². The van der Waals surface area contributed by atoms with Gasteiger partial charge in [0.25, 0.3) is 23.6 Å². The first-order valence-electron chi connectivity index (χ1n) is 17.7. The van der Waals surface area contributed by atoms with Gasteiger partial charge in [-0.05, 0) is 45.7 Å². The molecule has 0 bridgehead atoms. The third-order valence-electron chi connectivity index (χ3n) is 8.15. The van der Waals surface area contributed by atoms with Crippen LogP contribution in [0.25, 0.3) is 21.5 Å². The monoisotopic (exact) mass is 889 g/mol. The number of rotatable bonds is 15. The maximum absolute atomic E-state index is 12.6. The van der Waals surface area contributed by atoms with Crippen LogP contribution < -0.4 is 8.61 Å². The number of nitrogens with zero attached hydrogens (tertiary/aromatic N) is 11. The lowest BCUT2D eigenvalue weighted by atomic mass is 10.2. The number of sulfonamides is 2. The molecule has 17 nitrogen and oxygen atoms in total. The van der Waals surface area contributed by atoms with E-state index >= 15 is 0 Å². The Balaban J connectivity index is 0.000000213. The quantitative estimate of drug-likeness (QED) is 0.0926. The summed E-state index contributed by atoms with van der Waals surface area (Å²) in [5.41, 5.74) is 2.21. The topological polar surface area (TPSA) is 209 Å². The van der Waals surface area contributed by atoms with Crippen LogP contribution in [0.1, 0.15) is 92.5 Å². The zero-order chi connectivity index (χ0) is 42.4. The van der Waals surface area contributed by atoms with Crippen LogP contribution in [0.3, 0.4) is 0 Å². The second-order valence-corrected chi connectivity index (χ2v) is 18.6. The van der Waals surface area contributed by atoms with Crippen molar-refractivity contribution in [2.24, 2.45) is 7.05 Å². The van der Waals surface area contributed by atoms with Crippen molar-refractivity contribution in [3.05, 3.63) is 70.0 Å². The smallest absolute Gasteiger partial charge is 0.314 e. The highest BCUT2D eigenvalue weighted by molar-refractivity contribution is 7.93. The number of thiazole rings is 2. The van der Waals surface area contributed by atoms with Crippen molar-refractivity contribution < 1.29 is 43.2 Å².